The fraction of sp³-hybridized carbons (Fsp3) is 0.294. The first-order chi connectivity index (χ1) is 11.8. The number of fused-ring (bicyclic) bond motifs is 1. The van der Waals surface area contributed by atoms with Crippen LogP contribution in [-0.4, -0.2) is 40.0 Å². The number of aromatic nitrogens is 3. The molecule has 4 heterocycles. The molecule has 1 N–H and O–H groups in total. The number of thiazole rings is 1. The van der Waals surface area contributed by atoms with Gasteiger partial charge in [0.25, 0.3) is 5.91 Å². The van der Waals surface area contributed by atoms with Gasteiger partial charge in [0.1, 0.15) is 10.3 Å². The Morgan fingerprint density at radius 1 is 1.21 bits per heavy atom. The van der Waals surface area contributed by atoms with Crippen molar-refractivity contribution in [1.29, 1.82) is 0 Å². The van der Waals surface area contributed by atoms with Crippen LogP contribution >= 0.6 is 11.3 Å². The summed E-state index contributed by atoms with van der Waals surface area (Å²) in [7, 11) is 0. The molecular formula is C17H17N5OS. The van der Waals surface area contributed by atoms with Gasteiger partial charge in [0.15, 0.2) is 5.13 Å². The predicted molar refractivity (Wildman–Crippen MR) is 94.4 cm³/mol. The van der Waals surface area contributed by atoms with Gasteiger partial charge in [-0.25, -0.2) is 9.97 Å². The van der Waals surface area contributed by atoms with E-state index in [0.717, 1.165) is 41.4 Å². The van der Waals surface area contributed by atoms with E-state index < -0.39 is 0 Å². The van der Waals surface area contributed by atoms with Crippen LogP contribution < -0.4 is 10.2 Å². The highest BCUT2D eigenvalue weighted by molar-refractivity contribution is 7.21. The molecule has 7 heteroatoms. The second-order valence-corrected chi connectivity index (χ2v) is 6.76. The van der Waals surface area contributed by atoms with Crippen LogP contribution in [0.3, 0.4) is 0 Å². The highest BCUT2D eigenvalue weighted by Crippen LogP contribution is 2.29. The van der Waals surface area contributed by atoms with Crippen LogP contribution in [0.4, 0.5) is 5.13 Å². The normalized spacial score (nSPS) is 15.6. The van der Waals surface area contributed by atoms with Gasteiger partial charge in [-0.15, -0.1) is 0 Å². The summed E-state index contributed by atoms with van der Waals surface area (Å²) in [4.78, 5) is 28.4. The van der Waals surface area contributed by atoms with E-state index in [4.69, 9.17) is 0 Å². The first-order valence-corrected chi connectivity index (χ1v) is 8.78. The number of piperidine rings is 1. The largest absolute Gasteiger partial charge is 0.349 e. The number of nitrogens with one attached hydrogen (secondary N) is 1. The molecule has 1 saturated heterocycles. The van der Waals surface area contributed by atoms with Gasteiger partial charge in [0, 0.05) is 37.7 Å². The van der Waals surface area contributed by atoms with Gasteiger partial charge in [0.2, 0.25) is 0 Å². The number of carbonyl (C=O) groups is 1. The number of nitrogens with zero attached hydrogens (tertiary/aromatic N) is 4. The van der Waals surface area contributed by atoms with Crippen molar-refractivity contribution in [3.63, 3.8) is 0 Å². The zero-order valence-electron chi connectivity index (χ0n) is 13.1. The number of hydrogen-bond donors (Lipinski definition) is 1. The molecular weight excluding hydrogens is 322 g/mol. The molecule has 0 atom stereocenters. The highest BCUT2D eigenvalue weighted by Gasteiger charge is 2.23. The minimum atomic E-state index is -0.0502. The zero-order chi connectivity index (χ0) is 16.4. The Labute approximate surface area is 143 Å². The summed E-state index contributed by atoms with van der Waals surface area (Å²) >= 11 is 1.62. The van der Waals surface area contributed by atoms with Gasteiger partial charge in [-0.05, 0) is 37.1 Å². The summed E-state index contributed by atoms with van der Waals surface area (Å²) in [5, 5.41) is 4.11. The average molecular weight is 339 g/mol. The summed E-state index contributed by atoms with van der Waals surface area (Å²) in [5.74, 6) is -0.0502. The van der Waals surface area contributed by atoms with Gasteiger partial charge < -0.3 is 10.2 Å². The van der Waals surface area contributed by atoms with Crippen LogP contribution in [0.15, 0.2) is 42.9 Å². The van der Waals surface area contributed by atoms with Crippen LogP contribution in [0.1, 0.15) is 23.2 Å². The van der Waals surface area contributed by atoms with Crippen LogP contribution in [-0.2, 0) is 0 Å². The minimum absolute atomic E-state index is 0.0502. The van der Waals surface area contributed by atoms with Crippen molar-refractivity contribution in [3.05, 3.63) is 48.4 Å². The summed E-state index contributed by atoms with van der Waals surface area (Å²) < 4.78 is 0. The van der Waals surface area contributed by atoms with Crippen molar-refractivity contribution in [2.24, 2.45) is 0 Å². The molecule has 3 aromatic rings. The Balaban J connectivity index is 1.37. The first kappa shape index (κ1) is 15.0. The molecule has 24 heavy (non-hydrogen) atoms. The summed E-state index contributed by atoms with van der Waals surface area (Å²) in [5.41, 5.74) is 1.56. The van der Waals surface area contributed by atoms with E-state index in [1.54, 1.807) is 42.1 Å². The lowest BCUT2D eigenvalue weighted by Crippen LogP contribution is -2.44. The molecule has 1 aliphatic rings. The number of pyridine rings is 2. The maximum atomic E-state index is 12.2. The third-order valence-corrected chi connectivity index (χ3v) is 5.22. The second kappa shape index (κ2) is 6.52. The van der Waals surface area contributed by atoms with Crippen molar-refractivity contribution in [1.82, 2.24) is 20.3 Å². The number of amides is 1. The maximum absolute atomic E-state index is 12.2. The van der Waals surface area contributed by atoms with Gasteiger partial charge in [0.05, 0.1) is 5.56 Å². The molecule has 6 nitrogen and oxygen atoms in total. The Hall–Kier alpha value is -2.54. The van der Waals surface area contributed by atoms with Crippen LogP contribution in [0.2, 0.25) is 0 Å². The first-order valence-electron chi connectivity index (χ1n) is 7.97. The van der Waals surface area contributed by atoms with E-state index in [0.29, 0.717) is 5.56 Å². The molecule has 0 radical (unpaired) electrons. The van der Waals surface area contributed by atoms with Gasteiger partial charge >= 0.3 is 0 Å². The van der Waals surface area contributed by atoms with Crippen molar-refractivity contribution < 1.29 is 4.79 Å². The molecule has 0 unspecified atom stereocenters. The third kappa shape index (κ3) is 3.07. The summed E-state index contributed by atoms with van der Waals surface area (Å²) in [6, 6.07) is 7.65. The molecule has 0 saturated carbocycles. The van der Waals surface area contributed by atoms with Crippen LogP contribution in [0.5, 0.6) is 0 Å². The van der Waals surface area contributed by atoms with E-state index in [-0.39, 0.29) is 11.9 Å². The maximum Gasteiger partial charge on any atom is 0.253 e. The van der Waals surface area contributed by atoms with Crippen molar-refractivity contribution >= 4 is 32.7 Å². The zero-order valence-corrected chi connectivity index (χ0v) is 13.9. The lowest BCUT2D eigenvalue weighted by Gasteiger charge is -2.32. The van der Waals surface area contributed by atoms with Crippen molar-refractivity contribution in [3.8, 4) is 0 Å². The van der Waals surface area contributed by atoms with Crippen molar-refractivity contribution in [2.45, 2.75) is 18.9 Å². The molecule has 0 bridgehead atoms. The molecule has 3 aromatic heterocycles. The van der Waals surface area contributed by atoms with Gasteiger partial charge in [-0.3, -0.25) is 9.78 Å². The lowest BCUT2D eigenvalue weighted by molar-refractivity contribution is 0.0931. The van der Waals surface area contributed by atoms with E-state index in [1.807, 2.05) is 12.1 Å². The third-order valence-electron chi connectivity index (χ3n) is 4.18. The fourth-order valence-corrected chi connectivity index (χ4v) is 3.83. The predicted octanol–water partition coefficient (Wildman–Crippen LogP) is 2.49. The monoisotopic (exact) mass is 339 g/mol. The van der Waals surface area contributed by atoms with Gasteiger partial charge in [-0.1, -0.05) is 11.3 Å². The van der Waals surface area contributed by atoms with E-state index in [9.17, 15) is 4.79 Å². The Morgan fingerprint density at radius 2 is 2.04 bits per heavy atom. The fourth-order valence-electron chi connectivity index (χ4n) is 2.87. The second-order valence-electron chi connectivity index (χ2n) is 5.80. The van der Waals surface area contributed by atoms with E-state index in [1.165, 1.54) is 0 Å². The number of rotatable bonds is 3. The number of hydrogen-bond acceptors (Lipinski definition) is 6. The lowest BCUT2D eigenvalue weighted by atomic mass is 10.1. The SMILES string of the molecule is O=C(NC1CCN(c2nc3cccnc3s2)CC1)c1cccnc1. The summed E-state index contributed by atoms with van der Waals surface area (Å²) in [6.07, 6.45) is 6.88. The van der Waals surface area contributed by atoms with Gasteiger partial charge in [-0.2, -0.15) is 0 Å². The van der Waals surface area contributed by atoms with Crippen molar-refractivity contribution in [2.75, 3.05) is 18.0 Å². The molecule has 4 rings (SSSR count). The standard InChI is InChI=1S/C17H17N5OS/c23-15(12-3-1-7-18-11-12)20-13-5-9-22(10-6-13)17-21-14-4-2-8-19-16(14)24-17/h1-4,7-8,11,13H,5-6,9-10H2,(H,20,23). The number of anilines is 1. The van der Waals surface area contributed by atoms with E-state index >= 15 is 0 Å². The van der Waals surface area contributed by atoms with Crippen LogP contribution in [0, 0.1) is 0 Å². The Morgan fingerprint density at radius 3 is 2.79 bits per heavy atom. The summed E-state index contributed by atoms with van der Waals surface area (Å²) in [6.45, 7) is 1.77. The molecule has 122 valence electrons. The topological polar surface area (TPSA) is 71.0 Å². The highest BCUT2D eigenvalue weighted by atomic mass is 32.1. The quantitative estimate of drug-likeness (QED) is 0.794. The Bertz CT molecular complexity index is 809. The molecule has 0 spiro atoms. The Kier molecular flexibility index (Phi) is 4.08. The molecule has 0 aliphatic carbocycles. The van der Waals surface area contributed by atoms with E-state index in [2.05, 4.69) is 25.2 Å². The molecule has 1 amide bonds. The van der Waals surface area contributed by atoms with Crippen LogP contribution in [0.25, 0.3) is 10.3 Å². The molecule has 1 aliphatic heterocycles. The smallest absolute Gasteiger partial charge is 0.253 e. The number of carbonyl (C=O) groups excluding carboxylic acids is 1. The minimum Gasteiger partial charge on any atom is -0.349 e. The average Bonchev–Trinajstić information content (AvgIpc) is 3.07. The molecule has 1 fully saturated rings. The molecule has 0 aromatic carbocycles.